The Kier molecular flexibility index (Phi) is 2.69. The van der Waals surface area contributed by atoms with Crippen LogP contribution < -0.4 is 11.6 Å². The second kappa shape index (κ2) is 3.88. The SMILES string of the molecule is Cc1nc(-c2cccc(Cl)c2Cl)c(N)n1N. The fraction of sp³-hybridized carbons (Fsp3) is 0.100. The van der Waals surface area contributed by atoms with E-state index in [1.807, 2.05) is 0 Å². The molecular formula is C10H10Cl2N4. The molecule has 1 heterocycles. The third kappa shape index (κ3) is 1.60. The summed E-state index contributed by atoms with van der Waals surface area (Å²) in [5, 5.41) is 0.886. The zero-order valence-corrected chi connectivity index (χ0v) is 10.0. The fourth-order valence-corrected chi connectivity index (χ4v) is 1.84. The van der Waals surface area contributed by atoms with Gasteiger partial charge in [0, 0.05) is 5.56 Å². The minimum Gasteiger partial charge on any atom is -0.382 e. The number of rotatable bonds is 1. The van der Waals surface area contributed by atoms with Crippen LogP contribution in [0.3, 0.4) is 0 Å². The molecule has 16 heavy (non-hydrogen) atoms. The van der Waals surface area contributed by atoms with Gasteiger partial charge in [-0.15, -0.1) is 0 Å². The summed E-state index contributed by atoms with van der Waals surface area (Å²) in [7, 11) is 0. The van der Waals surface area contributed by atoms with E-state index in [1.54, 1.807) is 25.1 Å². The molecule has 84 valence electrons. The predicted molar refractivity (Wildman–Crippen MR) is 67.0 cm³/mol. The van der Waals surface area contributed by atoms with E-state index in [2.05, 4.69) is 4.98 Å². The van der Waals surface area contributed by atoms with Gasteiger partial charge in [-0.1, -0.05) is 35.3 Å². The van der Waals surface area contributed by atoms with Gasteiger partial charge in [-0.2, -0.15) is 0 Å². The van der Waals surface area contributed by atoms with Gasteiger partial charge in [-0.3, -0.25) is 0 Å². The van der Waals surface area contributed by atoms with Gasteiger partial charge in [0.2, 0.25) is 0 Å². The lowest BCUT2D eigenvalue weighted by Crippen LogP contribution is -2.13. The van der Waals surface area contributed by atoms with Crippen LogP contribution in [0.5, 0.6) is 0 Å². The number of anilines is 1. The average Bonchev–Trinajstić information content (AvgIpc) is 2.50. The Morgan fingerprint density at radius 1 is 1.31 bits per heavy atom. The number of hydrogen-bond acceptors (Lipinski definition) is 3. The fourth-order valence-electron chi connectivity index (χ4n) is 1.45. The molecule has 1 aromatic heterocycles. The lowest BCUT2D eigenvalue weighted by Gasteiger charge is -2.04. The summed E-state index contributed by atoms with van der Waals surface area (Å²) in [5.41, 5.74) is 7.06. The number of halogens is 2. The quantitative estimate of drug-likeness (QED) is 0.771. The molecule has 0 bridgehead atoms. The van der Waals surface area contributed by atoms with Crippen molar-refractivity contribution in [3.8, 4) is 11.3 Å². The zero-order chi connectivity index (χ0) is 11.9. The normalized spacial score (nSPS) is 10.7. The zero-order valence-electron chi connectivity index (χ0n) is 8.54. The van der Waals surface area contributed by atoms with Crippen molar-refractivity contribution >= 4 is 29.0 Å². The van der Waals surface area contributed by atoms with Gasteiger partial charge in [0.15, 0.2) is 5.82 Å². The molecule has 4 N–H and O–H groups in total. The summed E-state index contributed by atoms with van der Waals surface area (Å²) in [5.74, 6) is 6.66. The second-order valence-corrected chi connectivity index (χ2v) is 4.15. The summed E-state index contributed by atoms with van der Waals surface area (Å²) in [6, 6.07) is 5.29. The van der Waals surface area contributed by atoms with Crippen LogP contribution in [0, 0.1) is 6.92 Å². The number of aryl methyl sites for hydroxylation is 1. The molecule has 0 aliphatic heterocycles. The van der Waals surface area contributed by atoms with Crippen molar-refractivity contribution in [3.63, 3.8) is 0 Å². The maximum atomic E-state index is 6.08. The number of aromatic nitrogens is 2. The first-order valence-electron chi connectivity index (χ1n) is 4.56. The lowest BCUT2D eigenvalue weighted by atomic mass is 10.1. The smallest absolute Gasteiger partial charge is 0.150 e. The summed E-state index contributed by atoms with van der Waals surface area (Å²) in [4.78, 5) is 4.25. The lowest BCUT2D eigenvalue weighted by molar-refractivity contribution is 0.937. The van der Waals surface area contributed by atoms with Crippen LogP contribution in [0.1, 0.15) is 5.82 Å². The van der Waals surface area contributed by atoms with Crippen molar-refractivity contribution < 1.29 is 0 Å². The highest BCUT2D eigenvalue weighted by Gasteiger charge is 2.15. The van der Waals surface area contributed by atoms with Crippen LogP contribution >= 0.6 is 23.2 Å². The van der Waals surface area contributed by atoms with Crippen LogP contribution in [0.25, 0.3) is 11.3 Å². The van der Waals surface area contributed by atoms with Crippen molar-refractivity contribution in [3.05, 3.63) is 34.1 Å². The third-order valence-electron chi connectivity index (χ3n) is 2.33. The maximum absolute atomic E-state index is 6.08. The molecule has 0 aliphatic rings. The monoisotopic (exact) mass is 256 g/mol. The summed E-state index contributed by atoms with van der Waals surface area (Å²) in [6.07, 6.45) is 0. The molecule has 0 atom stereocenters. The minimum absolute atomic E-state index is 0.363. The first-order valence-corrected chi connectivity index (χ1v) is 5.32. The number of nitrogens with two attached hydrogens (primary N) is 2. The van der Waals surface area contributed by atoms with Gasteiger partial charge in [0.05, 0.1) is 10.0 Å². The molecule has 0 amide bonds. The predicted octanol–water partition coefficient (Wildman–Crippen LogP) is 2.46. The van der Waals surface area contributed by atoms with Crippen LogP contribution in [-0.2, 0) is 0 Å². The van der Waals surface area contributed by atoms with Crippen LogP contribution in [0.2, 0.25) is 10.0 Å². The largest absolute Gasteiger partial charge is 0.382 e. The van der Waals surface area contributed by atoms with E-state index in [0.29, 0.717) is 32.9 Å². The van der Waals surface area contributed by atoms with E-state index in [1.165, 1.54) is 4.68 Å². The van der Waals surface area contributed by atoms with Crippen LogP contribution in [0.4, 0.5) is 5.82 Å². The summed E-state index contributed by atoms with van der Waals surface area (Å²) in [6.45, 7) is 1.76. The number of nitrogen functional groups attached to an aromatic ring is 2. The third-order valence-corrected chi connectivity index (χ3v) is 3.15. The molecule has 2 aromatic rings. The van der Waals surface area contributed by atoms with E-state index in [-0.39, 0.29) is 0 Å². The number of hydrogen-bond donors (Lipinski definition) is 2. The van der Waals surface area contributed by atoms with Crippen molar-refractivity contribution in [2.45, 2.75) is 6.92 Å². The van der Waals surface area contributed by atoms with Crippen LogP contribution in [0.15, 0.2) is 18.2 Å². The van der Waals surface area contributed by atoms with Gasteiger partial charge < -0.3 is 11.6 Å². The molecule has 6 heteroatoms. The van der Waals surface area contributed by atoms with Crippen molar-refractivity contribution in [1.82, 2.24) is 9.66 Å². The molecule has 0 unspecified atom stereocenters. The van der Waals surface area contributed by atoms with Gasteiger partial charge in [-0.25, -0.2) is 9.66 Å². The first-order chi connectivity index (χ1) is 7.52. The Morgan fingerprint density at radius 3 is 2.56 bits per heavy atom. The van der Waals surface area contributed by atoms with Crippen molar-refractivity contribution in [2.75, 3.05) is 11.6 Å². The van der Waals surface area contributed by atoms with E-state index in [0.717, 1.165) is 0 Å². The van der Waals surface area contributed by atoms with Gasteiger partial charge in [-0.05, 0) is 13.0 Å². The average molecular weight is 257 g/mol. The van der Waals surface area contributed by atoms with Gasteiger partial charge >= 0.3 is 0 Å². The van der Waals surface area contributed by atoms with E-state index < -0.39 is 0 Å². The van der Waals surface area contributed by atoms with Crippen LogP contribution in [-0.4, -0.2) is 9.66 Å². The summed E-state index contributed by atoms with van der Waals surface area (Å²) >= 11 is 12.0. The molecule has 0 radical (unpaired) electrons. The number of benzene rings is 1. The van der Waals surface area contributed by atoms with Gasteiger partial charge in [0.1, 0.15) is 11.5 Å². The standard InChI is InChI=1S/C10H10Cl2N4/c1-5-15-9(10(13)16(5)14)6-3-2-4-7(11)8(6)12/h2-4H,13-14H2,1H3. The molecule has 0 saturated heterocycles. The molecule has 0 aliphatic carbocycles. The highest BCUT2D eigenvalue weighted by Crippen LogP contribution is 2.35. The maximum Gasteiger partial charge on any atom is 0.150 e. The highest BCUT2D eigenvalue weighted by atomic mass is 35.5. The Morgan fingerprint density at radius 2 is 2.00 bits per heavy atom. The molecule has 1 aromatic carbocycles. The number of nitrogens with zero attached hydrogens (tertiary/aromatic N) is 2. The van der Waals surface area contributed by atoms with E-state index in [9.17, 15) is 0 Å². The molecule has 0 spiro atoms. The Labute approximate surface area is 103 Å². The second-order valence-electron chi connectivity index (χ2n) is 3.36. The Bertz CT molecular complexity index is 548. The van der Waals surface area contributed by atoms with Crippen molar-refractivity contribution in [1.29, 1.82) is 0 Å². The van der Waals surface area contributed by atoms with Gasteiger partial charge in [0.25, 0.3) is 0 Å². The highest BCUT2D eigenvalue weighted by molar-refractivity contribution is 6.43. The topological polar surface area (TPSA) is 69.9 Å². The minimum atomic E-state index is 0.363. The molecule has 2 rings (SSSR count). The molecular weight excluding hydrogens is 247 g/mol. The number of imidazole rings is 1. The first kappa shape index (κ1) is 11.1. The Hall–Kier alpha value is -1.39. The molecule has 0 fully saturated rings. The van der Waals surface area contributed by atoms with E-state index in [4.69, 9.17) is 34.8 Å². The van der Waals surface area contributed by atoms with Crippen molar-refractivity contribution in [2.24, 2.45) is 0 Å². The summed E-state index contributed by atoms with van der Waals surface area (Å²) < 4.78 is 1.31. The van der Waals surface area contributed by atoms with E-state index >= 15 is 0 Å². The molecule has 4 nitrogen and oxygen atoms in total. The molecule has 0 saturated carbocycles. The Balaban J connectivity index is 2.68.